The van der Waals surface area contributed by atoms with Gasteiger partial charge in [0.2, 0.25) is 0 Å². The molecule has 1 aliphatic heterocycles. The zero-order chi connectivity index (χ0) is 59.2. The van der Waals surface area contributed by atoms with Crippen LogP contribution < -0.4 is 14.7 Å². The van der Waals surface area contributed by atoms with E-state index in [-0.39, 0.29) is 11.2 Å². The molecule has 13 aromatic carbocycles. The quantitative estimate of drug-likeness (QED) is 0.149. The Hall–Kier alpha value is -11.0. The Kier molecular flexibility index (Phi) is 11.1. The number of hydrogen-bond acceptors (Lipinski definition) is 5. The molecule has 2 aromatic heterocycles. The Morgan fingerprint density at radius 1 is 0.295 bits per heavy atom. The molecule has 1 aliphatic carbocycles. The van der Waals surface area contributed by atoms with Crippen molar-refractivity contribution >= 4 is 117 Å². The summed E-state index contributed by atoms with van der Waals surface area (Å²) in [6, 6.07) is 87.8. The molecule has 11 heteroatoms. The lowest BCUT2D eigenvalue weighted by atomic mass is 9.64. The molecule has 15 aromatic rings. The first-order valence-electron chi connectivity index (χ1n) is 28.9. The van der Waals surface area contributed by atoms with Crippen LogP contribution in [0.2, 0.25) is 0 Å². The SMILES string of the molecule is FC(F)(F)c1cccc2c1oc1c(N(c3ccccc3)c3cc4c(c5ccccc35)-c3c(cc(N(c5ccccc5)c5cccc6c5oc5c(C(F)(F)F)cccc56)c5ccccc35)C43c4ccccc4N(c4ccccc4)c4ccccc43)cccc12. The summed E-state index contributed by atoms with van der Waals surface area (Å²) in [6.07, 6.45) is -9.36. The Labute approximate surface area is 499 Å². The van der Waals surface area contributed by atoms with Crippen molar-refractivity contribution < 1.29 is 35.2 Å². The Bertz CT molecular complexity index is 5030. The smallest absolute Gasteiger partial charge is 0.420 e. The molecule has 2 aliphatic rings. The van der Waals surface area contributed by atoms with Crippen molar-refractivity contribution in [3.8, 4) is 11.1 Å². The maximum atomic E-state index is 14.9. The van der Waals surface area contributed by atoms with Crippen molar-refractivity contribution in [3.05, 3.63) is 306 Å². The van der Waals surface area contributed by atoms with E-state index in [1.165, 1.54) is 12.1 Å². The molecule has 0 saturated carbocycles. The van der Waals surface area contributed by atoms with Crippen LogP contribution in [0.4, 0.5) is 77.5 Å². The second kappa shape index (κ2) is 19.0. The van der Waals surface area contributed by atoms with Crippen molar-refractivity contribution in [2.45, 2.75) is 17.8 Å². The van der Waals surface area contributed by atoms with Crippen LogP contribution in [0, 0.1) is 0 Å². The van der Waals surface area contributed by atoms with E-state index in [4.69, 9.17) is 8.83 Å². The van der Waals surface area contributed by atoms with Gasteiger partial charge in [0.1, 0.15) is 11.2 Å². The third-order valence-electron chi connectivity index (χ3n) is 17.8. The van der Waals surface area contributed by atoms with Crippen molar-refractivity contribution in [3.63, 3.8) is 0 Å². The molecule has 88 heavy (non-hydrogen) atoms. The van der Waals surface area contributed by atoms with Crippen LogP contribution in [-0.2, 0) is 17.8 Å². The molecule has 422 valence electrons. The summed E-state index contributed by atoms with van der Waals surface area (Å²) in [5.41, 5.74) is 9.99. The highest BCUT2D eigenvalue weighted by Crippen LogP contribution is 2.68. The zero-order valence-electron chi connectivity index (χ0n) is 46.4. The Balaban J connectivity index is 1.03. The molecule has 0 unspecified atom stereocenters. The molecular weight excluding hydrogens is 1110 g/mol. The van der Waals surface area contributed by atoms with Gasteiger partial charge in [0.15, 0.2) is 11.2 Å². The highest BCUT2D eigenvalue weighted by atomic mass is 19.4. The van der Waals surface area contributed by atoms with Crippen LogP contribution in [0.5, 0.6) is 0 Å². The van der Waals surface area contributed by atoms with E-state index in [0.29, 0.717) is 44.1 Å². The van der Waals surface area contributed by atoms with Gasteiger partial charge in [-0.05, 0) is 129 Å². The minimum absolute atomic E-state index is 0.244. The second-order valence-corrected chi connectivity index (χ2v) is 22.4. The summed E-state index contributed by atoms with van der Waals surface area (Å²) < 4.78 is 103. The van der Waals surface area contributed by atoms with E-state index in [9.17, 15) is 26.3 Å². The van der Waals surface area contributed by atoms with Crippen LogP contribution in [0.1, 0.15) is 33.4 Å². The van der Waals surface area contributed by atoms with Gasteiger partial charge >= 0.3 is 12.4 Å². The van der Waals surface area contributed by atoms with Gasteiger partial charge in [-0.15, -0.1) is 0 Å². The third-order valence-corrected chi connectivity index (χ3v) is 17.8. The Morgan fingerprint density at radius 2 is 0.636 bits per heavy atom. The zero-order valence-corrected chi connectivity index (χ0v) is 46.4. The van der Waals surface area contributed by atoms with E-state index >= 15 is 0 Å². The summed E-state index contributed by atoms with van der Waals surface area (Å²) in [5, 5.41) is 5.36. The monoisotopic (exact) mass is 1160 g/mol. The van der Waals surface area contributed by atoms with Crippen molar-refractivity contribution in [2.75, 3.05) is 14.7 Å². The van der Waals surface area contributed by atoms with E-state index in [0.717, 1.165) is 107 Å². The molecule has 0 fully saturated rings. The van der Waals surface area contributed by atoms with Crippen LogP contribution in [0.25, 0.3) is 76.5 Å². The molecule has 17 rings (SSSR count). The molecule has 0 atom stereocenters. The van der Waals surface area contributed by atoms with Gasteiger partial charge in [-0.1, -0.05) is 188 Å². The summed E-state index contributed by atoms with van der Waals surface area (Å²) >= 11 is 0. The first-order chi connectivity index (χ1) is 43.0. The third kappa shape index (κ3) is 7.30. The molecule has 0 amide bonds. The number of rotatable bonds is 7. The first-order valence-corrected chi connectivity index (χ1v) is 28.9. The number of halogens is 6. The van der Waals surface area contributed by atoms with Gasteiger partial charge < -0.3 is 23.5 Å². The molecule has 0 radical (unpaired) electrons. The van der Waals surface area contributed by atoms with Crippen LogP contribution in [0.15, 0.2) is 282 Å². The number of hydrogen-bond donors (Lipinski definition) is 0. The first kappa shape index (κ1) is 51.4. The maximum absolute atomic E-state index is 14.9. The summed E-state index contributed by atoms with van der Waals surface area (Å²) in [4.78, 5) is 6.55. The topological polar surface area (TPSA) is 36.0 Å². The average molecular weight is 1160 g/mol. The van der Waals surface area contributed by atoms with E-state index < -0.39 is 28.9 Å². The van der Waals surface area contributed by atoms with Gasteiger partial charge in [-0.25, -0.2) is 0 Å². The van der Waals surface area contributed by atoms with Gasteiger partial charge in [0, 0.05) is 49.4 Å². The molecular formula is C77H45F6N3O2. The number of alkyl halides is 6. The highest BCUT2D eigenvalue weighted by Gasteiger charge is 2.54. The molecule has 1 spiro atoms. The van der Waals surface area contributed by atoms with Crippen molar-refractivity contribution in [1.29, 1.82) is 0 Å². The van der Waals surface area contributed by atoms with Crippen molar-refractivity contribution in [2.24, 2.45) is 0 Å². The fourth-order valence-corrected chi connectivity index (χ4v) is 14.4. The Morgan fingerprint density at radius 3 is 1.06 bits per heavy atom. The van der Waals surface area contributed by atoms with Gasteiger partial charge in [-0.3, -0.25) is 0 Å². The van der Waals surface area contributed by atoms with Crippen LogP contribution in [0.3, 0.4) is 0 Å². The lowest BCUT2D eigenvalue weighted by Crippen LogP contribution is -2.36. The lowest BCUT2D eigenvalue weighted by Gasteiger charge is -2.45. The van der Waals surface area contributed by atoms with Gasteiger partial charge in [0.25, 0.3) is 0 Å². The largest absolute Gasteiger partial charge is 0.453 e. The number of para-hydroxylation sites is 9. The van der Waals surface area contributed by atoms with E-state index in [1.807, 2.05) is 140 Å². The lowest BCUT2D eigenvalue weighted by molar-refractivity contribution is -0.137. The standard InChI is InChI=1S/C77H45F6N3O2/c78-76(79,80)59-38-18-32-53-55-34-20-42-65(73(55)87-71(53)59)85(47-24-6-2-7-25-47)67-44-61-69(51-30-12-10-28-49(51)67)70-52-31-13-11-29-50(52)68(45-62(70)75(61)57-36-14-16-40-63(57)84(46-22-4-1-5-23-46)64-41-17-15-37-58(64)75)86(48-26-8-3-9-27-48)66-43-21-35-56-54-33-19-39-60(77(81,82)83)72(54)88-74(56)66/h1-45H. The van der Waals surface area contributed by atoms with E-state index in [1.54, 1.807) is 12.1 Å². The molecule has 5 nitrogen and oxygen atoms in total. The molecule has 0 saturated heterocycles. The van der Waals surface area contributed by atoms with Gasteiger partial charge in [0.05, 0.1) is 50.7 Å². The van der Waals surface area contributed by atoms with Crippen molar-refractivity contribution in [1.82, 2.24) is 0 Å². The van der Waals surface area contributed by atoms with Crippen LogP contribution >= 0.6 is 0 Å². The number of benzene rings is 13. The minimum Gasteiger partial charge on any atom is -0.453 e. The summed E-state index contributed by atoms with van der Waals surface area (Å²) in [6.45, 7) is 0. The van der Waals surface area contributed by atoms with Gasteiger partial charge in [-0.2, -0.15) is 26.3 Å². The highest BCUT2D eigenvalue weighted by molar-refractivity contribution is 6.21. The second-order valence-electron chi connectivity index (χ2n) is 22.4. The molecule has 0 bridgehead atoms. The number of nitrogens with zero attached hydrogens (tertiary/aromatic N) is 3. The molecule has 0 N–H and O–H groups in total. The number of furan rings is 2. The minimum atomic E-state index is -4.68. The number of fused-ring (bicyclic) bond motifs is 19. The average Bonchev–Trinajstić information content (AvgIpc) is 1.46. The maximum Gasteiger partial charge on any atom is 0.420 e. The molecule has 3 heterocycles. The summed E-state index contributed by atoms with van der Waals surface area (Å²) in [5.74, 6) is 0. The number of anilines is 9. The van der Waals surface area contributed by atoms with E-state index in [2.05, 4.69) is 112 Å². The van der Waals surface area contributed by atoms with Crippen LogP contribution in [-0.4, -0.2) is 0 Å². The predicted octanol–water partition coefficient (Wildman–Crippen LogP) is 22.9. The normalized spacial score (nSPS) is 13.4. The fraction of sp³-hybridized carbons (Fsp3) is 0.0390. The predicted molar refractivity (Wildman–Crippen MR) is 341 cm³/mol. The summed E-state index contributed by atoms with van der Waals surface area (Å²) in [7, 11) is 0. The fourth-order valence-electron chi connectivity index (χ4n) is 14.4.